The SMILES string of the molecule is COC(=O)[C@]1(C)CC[C@@H](c2nc(Br)c3c(Cl)nccn23)C1. The molecule has 0 spiro atoms. The van der Waals surface area contributed by atoms with Gasteiger partial charge in [0.25, 0.3) is 0 Å². The summed E-state index contributed by atoms with van der Waals surface area (Å²) < 4.78 is 7.56. The van der Waals surface area contributed by atoms with E-state index < -0.39 is 5.41 Å². The van der Waals surface area contributed by atoms with E-state index in [4.69, 9.17) is 16.3 Å². The van der Waals surface area contributed by atoms with Crippen LogP contribution in [-0.4, -0.2) is 27.4 Å². The maximum Gasteiger partial charge on any atom is 0.311 e. The summed E-state index contributed by atoms with van der Waals surface area (Å²) in [5.74, 6) is 0.963. The summed E-state index contributed by atoms with van der Waals surface area (Å²) in [5.41, 5.74) is 0.329. The number of carbonyl (C=O) groups is 1. The maximum absolute atomic E-state index is 11.9. The molecule has 2 aromatic rings. The molecule has 0 unspecified atom stereocenters. The summed E-state index contributed by atoms with van der Waals surface area (Å²) >= 11 is 9.57. The number of ether oxygens (including phenoxy) is 1. The molecule has 1 saturated carbocycles. The first kappa shape index (κ1) is 14.8. The molecule has 2 atom stereocenters. The fourth-order valence-corrected chi connectivity index (χ4v) is 4.08. The van der Waals surface area contributed by atoms with Crippen molar-refractivity contribution in [3.05, 3.63) is 28.0 Å². The van der Waals surface area contributed by atoms with Crippen LogP contribution in [0.25, 0.3) is 5.52 Å². The van der Waals surface area contributed by atoms with Gasteiger partial charge >= 0.3 is 5.97 Å². The zero-order valence-electron chi connectivity index (χ0n) is 11.8. The second kappa shape index (κ2) is 5.25. The number of rotatable bonds is 2. The molecule has 1 fully saturated rings. The molecule has 0 aromatic carbocycles. The second-order valence-electron chi connectivity index (χ2n) is 5.69. The lowest BCUT2D eigenvalue weighted by Crippen LogP contribution is -2.26. The lowest BCUT2D eigenvalue weighted by molar-refractivity contribution is -0.151. The number of nitrogens with zero attached hydrogens (tertiary/aromatic N) is 3. The van der Waals surface area contributed by atoms with E-state index in [1.54, 1.807) is 6.20 Å². The van der Waals surface area contributed by atoms with Gasteiger partial charge in [0.1, 0.15) is 15.9 Å². The summed E-state index contributed by atoms with van der Waals surface area (Å²) in [6, 6.07) is 0. The molecule has 3 rings (SSSR count). The van der Waals surface area contributed by atoms with Gasteiger partial charge in [0.05, 0.1) is 12.5 Å². The minimum absolute atomic E-state index is 0.148. The number of halogens is 2. The Hall–Kier alpha value is -1.14. The quantitative estimate of drug-likeness (QED) is 0.756. The van der Waals surface area contributed by atoms with Crippen molar-refractivity contribution in [2.45, 2.75) is 32.1 Å². The summed E-state index contributed by atoms with van der Waals surface area (Å²) in [6.07, 6.45) is 5.93. The fraction of sp³-hybridized carbons (Fsp3) is 0.500. The van der Waals surface area contributed by atoms with Crippen LogP contribution in [0.3, 0.4) is 0 Å². The number of imidazole rings is 1. The van der Waals surface area contributed by atoms with Crippen molar-refractivity contribution < 1.29 is 9.53 Å². The maximum atomic E-state index is 11.9. The third kappa shape index (κ3) is 2.34. The van der Waals surface area contributed by atoms with Crippen molar-refractivity contribution in [2.75, 3.05) is 7.11 Å². The largest absolute Gasteiger partial charge is 0.469 e. The highest BCUT2D eigenvalue weighted by molar-refractivity contribution is 9.10. The van der Waals surface area contributed by atoms with E-state index in [2.05, 4.69) is 25.9 Å². The van der Waals surface area contributed by atoms with Crippen LogP contribution in [0.4, 0.5) is 0 Å². The van der Waals surface area contributed by atoms with E-state index >= 15 is 0 Å². The predicted molar refractivity (Wildman–Crippen MR) is 82.4 cm³/mol. The first-order valence-corrected chi connectivity index (χ1v) is 7.90. The Kier molecular flexibility index (Phi) is 3.69. The summed E-state index contributed by atoms with van der Waals surface area (Å²) in [5, 5.41) is 0.414. The normalized spacial score (nSPS) is 25.4. The molecule has 5 nitrogen and oxygen atoms in total. The van der Waals surface area contributed by atoms with Crippen molar-refractivity contribution in [2.24, 2.45) is 5.41 Å². The second-order valence-corrected chi connectivity index (χ2v) is 6.80. The minimum atomic E-state index is -0.436. The van der Waals surface area contributed by atoms with Gasteiger partial charge in [-0.1, -0.05) is 11.6 Å². The number of hydrogen-bond acceptors (Lipinski definition) is 4. The monoisotopic (exact) mass is 371 g/mol. The zero-order chi connectivity index (χ0) is 15.2. The van der Waals surface area contributed by atoms with Gasteiger partial charge in [0, 0.05) is 18.3 Å². The van der Waals surface area contributed by atoms with Crippen molar-refractivity contribution in [1.82, 2.24) is 14.4 Å². The topological polar surface area (TPSA) is 56.5 Å². The zero-order valence-corrected chi connectivity index (χ0v) is 14.1. The van der Waals surface area contributed by atoms with Gasteiger partial charge in [-0.3, -0.25) is 9.20 Å². The van der Waals surface area contributed by atoms with Gasteiger partial charge in [0.15, 0.2) is 5.15 Å². The molecule has 1 aliphatic carbocycles. The van der Waals surface area contributed by atoms with Crippen LogP contribution in [0.1, 0.15) is 37.9 Å². The summed E-state index contributed by atoms with van der Waals surface area (Å²) in [6.45, 7) is 1.96. The van der Waals surface area contributed by atoms with E-state index in [9.17, 15) is 4.79 Å². The third-order valence-corrected chi connectivity index (χ3v) is 5.11. The van der Waals surface area contributed by atoms with E-state index in [-0.39, 0.29) is 11.9 Å². The molecule has 0 radical (unpaired) electrons. The Labute approximate surface area is 135 Å². The van der Waals surface area contributed by atoms with Crippen molar-refractivity contribution >= 4 is 39.0 Å². The van der Waals surface area contributed by atoms with Gasteiger partial charge in [-0.15, -0.1) is 0 Å². The molecule has 0 amide bonds. The number of hydrogen-bond donors (Lipinski definition) is 0. The third-order valence-electron chi connectivity index (χ3n) is 4.28. The first-order valence-electron chi connectivity index (χ1n) is 6.72. The van der Waals surface area contributed by atoms with Crippen molar-refractivity contribution in [3.63, 3.8) is 0 Å². The molecule has 0 saturated heterocycles. The number of carbonyl (C=O) groups excluding carboxylic acids is 1. The average Bonchev–Trinajstić information content (AvgIpc) is 3.01. The average molecular weight is 373 g/mol. The number of fused-ring (bicyclic) bond motifs is 1. The predicted octanol–water partition coefficient (Wildman–Crippen LogP) is 3.59. The van der Waals surface area contributed by atoms with Gasteiger partial charge < -0.3 is 4.74 Å². The van der Waals surface area contributed by atoms with Crippen LogP contribution in [0.5, 0.6) is 0 Å². The Bertz CT molecular complexity index is 718. The standard InChI is InChI=1S/C14H15BrClN3O2/c1-14(13(20)21-2)4-3-8(7-14)12-18-10(15)9-11(16)17-5-6-19(9)12/h5-6,8H,3-4,7H2,1-2H3/t8-,14-/m1/s1. The molecule has 2 heterocycles. The Morgan fingerprint density at radius 2 is 2.38 bits per heavy atom. The van der Waals surface area contributed by atoms with E-state index in [1.165, 1.54) is 7.11 Å². The van der Waals surface area contributed by atoms with Crippen molar-refractivity contribution in [1.29, 1.82) is 0 Å². The van der Waals surface area contributed by atoms with Gasteiger partial charge in [0.2, 0.25) is 0 Å². The Balaban J connectivity index is 2.00. The highest BCUT2D eigenvalue weighted by atomic mass is 79.9. The van der Waals surface area contributed by atoms with Gasteiger partial charge in [-0.2, -0.15) is 0 Å². The molecule has 1 aliphatic rings. The number of methoxy groups -OCH3 is 1. The Morgan fingerprint density at radius 1 is 1.62 bits per heavy atom. The van der Waals surface area contributed by atoms with Crippen LogP contribution in [-0.2, 0) is 9.53 Å². The molecule has 0 aliphatic heterocycles. The molecule has 0 bridgehead atoms. The van der Waals surface area contributed by atoms with Crippen LogP contribution in [0.15, 0.2) is 17.0 Å². The van der Waals surface area contributed by atoms with Gasteiger partial charge in [-0.05, 0) is 42.1 Å². The molecular formula is C14H15BrClN3O2. The molecule has 2 aromatic heterocycles. The number of aromatic nitrogens is 3. The van der Waals surface area contributed by atoms with Crippen LogP contribution in [0.2, 0.25) is 5.15 Å². The lowest BCUT2D eigenvalue weighted by atomic mass is 9.88. The molecule has 7 heteroatoms. The summed E-state index contributed by atoms with van der Waals surface area (Å²) in [4.78, 5) is 20.6. The van der Waals surface area contributed by atoms with Crippen LogP contribution in [0, 0.1) is 5.41 Å². The van der Waals surface area contributed by atoms with Crippen LogP contribution < -0.4 is 0 Å². The molecule has 0 N–H and O–H groups in total. The fourth-order valence-electron chi connectivity index (χ4n) is 3.16. The minimum Gasteiger partial charge on any atom is -0.469 e. The van der Waals surface area contributed by atoms with Crippen LogP contribution >= 0.6 is 27.5 Å². The highest BCUT2D eigenvalue weighted by Gasteiger charge is 2.44. The van der Waals surface area contributed by atoms with E-state index in [0.29, 0.717) is 9.76 Å². The first-order chi connectivity index (χ1) is 9.96. The van der Waals surface area contributed by atoms with E-state index in [0.717, 1.165) is 30.6 Å². The highest BCUT2D eigenvalue weighted by Crippen LogP contribution is 2.47. The Morgan fingerprint density at radius 3 is 3.10 bits per heavy atom. The van der Waals surface area contributed by atoms with E-state index in [1.807, 2.05) is 17.5 Å². The summed E-state index contributed by atoms with van der Waals surface area (Å²) in [7, 11) is 1.44. The molecule has 21 heavy (non-hydrogen) atoms. The van der Waals surface area contributed by atoms with Crippen molar-refractivity contribution in [3.8, 4) is 0 Å². The smallest absolute Gasteiger partial charge is 0.311 e. The molecule has 112 valence electrons. The lowest BCUT2D eigenvalue weighted by Gasteiger charge is -2.20. The molecular weight excluding hydrogens is 358 g/mol. The van der Waals surface area contributed by atoms with Gasteiger partial charge in [-0.25, -0.2) is 9.97 Å². The number of esters is 1.